The van der Waals surface area contributed by atoms with Crippen LogP contribution in [0.25, 0.3) is 11.1 Å². The highest BCUT2D eigenvalue weighted by Gasteiger charge is 2.54. The van der Waals surface area contributed by atoms with E-state index in [1.807, 2.05) is 80.6 Å². The van der Waals surface area contributed by atoms with Gasteiger partial charge in [0.25, 0.3) is 5.91 Å². The number of hydrogen-bond donors (Lipinski definition) is 4. The second-order valence-electron chi connectivity index (χ2n) is 10.9. The minimum atomic E-state index is -1.31. The van der Waals surface area contributed by atoms with Crippen molar-refractivity contribution in [1.29, 1.82) is 0 Å². The highest BCUT2D eigenvalue weighted by atomic mass is 16.6. The Labute approximate surface area is 245 Å². The summed E-state index contributed by atoms with van der Waals surface area (Å²) in [7, 11) is 0. The summed E-state index contributed by atoms with van der Waals surface area (Å²) in [6.45, 7) is 3.24. The molecule has 0 radical (unpaired) electrons. The van der Waals surface area contributed by atoms with Gasteiger partial charge in [0.15, 0.2) is 11.4 Å². The van der Waals surface area contributed by atoms with Crippen molar-refractivity contribution in [3.05, 3.63) is 96.1 Å². The van der Waals surface area contributed by atoms with E-state index in [2.05, 4.69) is 16.0 Å². The molecule has 220 valence electrons. The van der Waals surface area contributed by atoms with Crippen molar-refractivity contribution in [1.82, 2.24) is 16.0 Å². The fourth-order valence-corrected chi connectivity index (χ4v) is 4.67. The highest BCUT2D eigenvalue weighted by Crippen LogP contribution is 2.30. The van der Waals surface area contributed by atoms with Crippen molar-refractivity contribution in [2.45, 2.75) is 44.4 Å². The molecule has 2 unspecified atom stereocenters. The zero-order chi connectivity index (χ0) is 30.1. The van der Waals surface area contributed by atoms with Crippen LogP contribution in [0.4, 0.5) is 0 Å². The number of amides is 3. The number of benzene rings is 3. The average Bonchev–Trinajstić information content (AvgIpc) is 3.80. The fraction of sp³-hybridized carbons (Fsp3) is 0.333. The fourth-order valence-electron chi connectivity index (χ4n) is 4.67. The van der Waals surface area contributed by atoms with Gasteiger partial charge in [-0.05, 0) is 41.2 Å². The molecule has 9 nitrogen and oxygen atoms in total. The Morgan fingerprint density at radius 1 is 0.857 bits per heavy atom. The van der Waals surface area contributed by atoms with E-state index in [1.54, 1.807) is 18.2 Å². The van der Waals surface area contributed by atoms with Gasteiger partial charge in [-0.15, -0.1) is 0 Å². The summed E-state index contributed by atoms with van der Waals surface area (Å²) in [5, 5.41) is 17.9. The first kappa shape index (κ1) is 30.6. The summed E-state index contributed by atoms with van der Waals surface area (Å²) >= 11 is 0. The van der Waals surface area contributed by atoms with Crippen molar-refractivity contribution in [3.63, 3.8) is 0 Å². The van der Waals surface area contributed by atoms with Gasteiger partial charge in [0.05, 0.1) is 25.7 Å². The van der Waals surface area contributed by atoms with Crippen LogP contribution in [0.5, 0.6) is 0 Å². The van der Waals surface area contributed by atoms with Crippen LogP contribution in [0.3, 0.4) is 0 Å². The summed E-state index contributed by atoms with van der Waals surface area (Å²) in [5.41, 5.74) is 1.60. The van der Waals surface area contributed by atoms with Gasteiger partial charge >= 0.3 is 0 Å². The zero-order valence-corrected chi connectivity index (χ0v) is 23.8. The highest BCUT2D eigenvalue weighted by molar-refractivity contribution is 6.01. The first-order valence-corrected chi connectivity index (χ1v) is 14.1. The Balaban J connectivity index is 1.51. The molecule has 3 aromatic rings. The van der Waals surface area contributed by atoms with Crippen molar-refractivity contribution >= 4 is 23.5 Å². The second kappa shape index (κ2) is 14.0. The molecule has 0 bridgehead atoms. The lowest BCUT2D eigenvalue weighted by Crippen LogP contribution is -2.57. The van der Waals surface area contributed by atoms with E-state index in [-0.39, 0.29) is 31.4 Å². The Morgan fingerprint density at radius 2 is 1.50 bits per heavy atom. The largest absolute Gasteiger partial charge is 0.393 e. The quantitative estimate of drug-likeness (QED) is 0.220. The number of rotatable bonds is 14. The third-order valence-electron chi connectivity index (χ3n) is 7.10. The maximum atomic E-state index is 13.6. The summed E-state index contributed by atoms with van der Waals surface area (Å²) in [6.07, 6.45) is 0.420. The van der Waals surface area contributed by atoms with Gasteiger partial charge in [0.1, 0.15) is 6.04 Å². The van der Waals surface area contributed by atoms with E-state index in [4.69, 9.17) is 4.74 Å². The predicted molar refractivity (Wildman–Crippen MR) is 158 cm³/mol. The number of ether oxygens (including phenoxy) is 1. The van der Waals surface area contributed by atoms with Crippen LogP contribution in [-0.4, -0.2) is 66.1 Å². The Hall–Kier alpha value is -4.34. The Kier molecular flexibility index (Phi) is 10.2. The van der Waals surface area contributed by atoms with E-state index in [1.165, 1.54) is 0 Å². The van der Waals surface area contributed by atoms with Crippen LogP contribution < -0.4 is 16.0 Å². The van der Waals surface area contributed by atoms with Gasteiger partial charge in [0, 0.05) is 12.1 Å². The molecule has 3 aromatic carbocycles. The average molecular weight is 572 g/mol. The first-order valence-electron chi connectivity index (χ1n) is 14.1. The van der Waals surface area contributed by atoms with Crippen molar-refractivity contribution in [2.75, 3.05) is 19.8 Å². The van der Waals surface area contributed by atoms with Crippen LogP contribution >= 0.6 is 0 Å². The SMILES string of the molecule is CC(C)CC(NC(=O)[C@H](CNC(=O)Cc1ccccc1)NC(=O)c1cccc(-c2ccccc2)c1)C(=O)C1(CO)CO1. The minimum absolute atomic E-state index is 0.0492. The standard InChI is InChI=1S/C33H37N3O6/c1-22(2)16-27(30(39)33(20-37)21-42-33)35-32(41)28(19-34-29(38)17-23-10-5-3-6-11-23)36-31(40)26-15-9-14-25(18-26)24-12-7-4-8-13-24/h3-15,18,22,27-28,37H,16-17,19-21H2,1-2H3,(H,34,38)(H,35,41)(H,36,40)/t27?,28-,33?/m0/s1. The molecule has 3 amide bonds. The predicted octanol–water partition coefficient (Wildman–Crippen LogP) is 2.67. The number of hydrogen-bond acceptors (Lipinski definition) is 6. The molecule has 0 aromatic heterocycles. The molecule has 3 atom stereocenters. The van der Waals surface area contributed by atoms with E-state index >= 15 is 0 Å². The number of Topliss-reactive ketones (excluding diaryl/α,β-unsaturated/α-hetero) is 1. The molecule has 4 N–H and O–H groups in total. The van der Waals surface area contributed by atoms with Crippen molar-refractivity contribution in [3.8, 4) is 11.1 Å². The molecule has 42 heavy (non-hydrogen) atoms. The summed E-state index contributed by atoms with van der Waals surface area (Å²) in [5.74, 6) is -1.82. The molecule has 9 heteroatoms. The zero-order valence-electron chi connectivity index (χ0n) is 23.8. The molecular weight excluding hydrogens is 534 g/mol. The van der Waals surface area contributed by atoms with Gasteiger partial charge < -0.3 is 25.8 Å². The number of aliphatic hydroxyl groups is 1. The molecule has 0 spiro atoms. The Morgan fingerprint density at radius 3 is 2.12 bits per heavy atom. The number of epoxide rings is 1. The molecule has 1 heterocycles. The van der Waals surface area contributed by atoms with Crippen LogP contribution in [-0.2, 0) is 25.5 Å². The molecule has 4 rings (SSSR count). The molecule has 1 aliphatic rings. The first-order chi connectivity index (χ1) is 20.2. The van der Waals surface area contributed by atoms with Crippen LogP contribution in [0, 0.1) is 5.92 Å². The molecule has 1 fully saturated rings. The molecule has 1 saturated heterocycles. The normalized spacial score (nSPS) is 17.1. The third-order valence-corrected chi connectivity index (χ3v) is 7.10. The topological polar surface area (TPSA) is 137 Å². The van der Waals surface area contributed by atoms with Crippen molar-refractivity contribution < 1.29 is 29.0 Å². The van der Waals surface area contributed by atoms with Gasteiger partial charge in [-0.2, -0.15) is 0 Å². The Bertz CT molecular complexity index is 1390. The number of nitrogens with one attached hydrogen (secondary N) is 3. The van der Waals surface area contributed by atoms with E-state index in [0.29, 0.717) is 12.0 Å². The molecule has 0 aliphatic carbocycles. The summed E-state index contributed by atoms with van der Waals surface area (Å²) < 4.78 is 5.24. The lowest BCUT2D eigenvalue weighted by molar-refractivity contribution is -0.133. The second-order valence-corrected chi connectivity index (χ2v) is 10.9. The smallest absolute Gasteiger partial charge is 0.252 e. The maximum Gasteiger partial charge on any atom is 0.252 e. The van der Waals surface area contributed by atoms with E-state index in [0.717, 1.165) is 16.7 Å². The van der Waals surface area contributed by atoms with E-state index in [9.17, 15) is 24.3 Å². The molecular formula is C33H37N3O6. The number of carbonyl (C=O) groups excluding carboxylic acids is 4. The maximum absolute atomic E-state index is 13.6. The van der Waals surface area contributed by atoms with Crippen LogP contribution in [0.15, 0.2) is 84.9 Å². The lowest BCUT2D eigenvalue weighted by atomic mass is 9.92. The summed E-state index contributed by atoms with van der Waals surface area (Å²) in [4.78, 5) is 52.8. The van der Waals surface area contributed by atoms with Gasteiger partial charge in [-0.1, -0.05) is 86.6 Å². The lowest BCUT2D eigenvalue weighted by Gasteiger charge is -2.25. The van der Waals surface area contributed by atoms with Crippen LogP contribution in [0.1, 0.15) is 36.2 Å². The van der Waals surface area contributed by atoms with Gasteiger partial charge in [-0.25, -0.2) is 0 Å². The number of ketones is 1. The van der Waals surface area contributed by atoms with Crippen molar-refractivity contribution in [2.24, 2.45) is 5.92 Å². The van der Waals surface area contributed by atoms with E-state index < -0.39 is 41.9 Å². The monoisotopic (exact) mass is 571 g/mol. The van der Waals surface area contributed by atoms with Gasteiger partial charge in [0.2, 0.25) is 11.8 Å². The minimum Gasteiger partial charge on any atom is -0.393 e. The third kappa shape index (κ3) is 8.11. The van der Waals surface area contributed by atoms with Crippen LogP contribution in [0.2, 0.25) is 0 Å². The molecule has 0 saturated carbocycles. The number of aliphatic hydroxyl groups excluding tert-OH is 1. The molecule has 1 aliphatic heterocycles. The van der Waals surface area contributed by atoms with Gasteiger partial charge in [-0.3, -0.25) is 19.2 Å². The number of carbonyl (C=O) groups is 4. The summed E-state index contributed by atoms with van der Waals surface area (Å²) in [6, 6.07) is 23.7.